The maximum atomic E-state index is 11.1. The first kappa shape index (κ1) is 14.8. The van der Waals surface area contributed by atoms with Gasteiger partial charge in [-0.05, 0) is 36.2 Å². The number of rotatable bonds is 6. The molecule has 1 aromatic heterocycles. The molecule has 0 fully saturated rings. The van der Waals surface area contributed by atoms with E-state index in [1.807, 2.05) is 0 Å². The van der Waals surface area contributed by atoms with Crippen LogP contribution < -0.4 is 10.5 Å². The molecule has 108 valence electrons. The molecule has 0 aliphatic heterocycles. The van der Waals surface area contributed by atoms with Crippen LogP contribution in [0.4, 0.5) is 0 Å². The Morgan fingerprint density at radius 2 is 1.75 bits per heavy atom. The van der Waals surface area contributed by atoms with Crippen LogP contribution in [0.25, 0.3) is 0 Å². The van der Waals surface area contributed by atoms with Gasteiger partial charge in [0, 0.05) is 32.0 Å². The fraction of sp³-hybridized carbons (Fsp3) is 0.286. The van der Waals surface area contributed by atoms with Gasteiger partial charge in [-0.2, -0.15) is 0 Å². The van der Waals surface area contributed by atoms with Crippen molar-refractivity contribution in [3.8, 4) is 0 Å². The number of sulfonamides is 1. The highest BCUT2D eigenvalue weighted by atomic mass is 32.2. The minimum atomic E-state index is -3.61. The number of primary sulfonamides is 1. The summed E-state index contributed by atoms with van der Waals surface area (Å²) in [7, 11) is -3.61. The summed E-state index contributed by atoms with van der Waals surface area (Å²) >= 11 is 0. The monoisotopic (exact) mass is 293 g/mol. The van der Waals surface area contributed by atoms with Gasteiger partial charge in [0.15, 0.2) is 0 Å². The summed E-state index contributed by atoms with van der Waals surface area (Å²) in [5.74, 6) is 0. The van der Waals surface area contributed by atoms with Crippen molar-refractivity contribution >= 4 is 10.0 Å². The average Bonchev–Trinajstić information content (AvgIpc) is 2.86. The van der Waals surface area contributed by atoms with Crippen molar-refractivity contribution in [3.63, 3.8) is 0 Å². The number of nitrogens with two attached hydrogens (primary N) is 1. The second-order valence-electron chi connectivity index (χ2n) is 4.64. The molecule has 1 heterocycles. The summed E-state index contributed by atoms with van der Waals surface area (Å²) in [6, 6.07) is 8.67. The quantitative estimate of drug-likeness (QED) is 0.846. The Hall–Kier alpha value is -1.63. The Bertz CT molecular complexity index is 660. The summed E-state index contributed by atoms with van der Waals surface area (Å²) < 4.78 is 24.4. The fourth-order valence-corrected chi connectivity index (χ4v) is 2.46. The summed E-state index contributed by atoms with van der Waals surface area (Å²) in [6.45, 7) is 4.53. The molecule has 0 aliphatic carbocycles. The zero-order valence-corrected chi connectivity index (χ0v) is 12.2. The van der Waals surface area contributed by atoms with E-state index in [2.05, 4.69) is 35.3 Å². The van der Waals surface area contributed by atoms with Gasteiger partial charge in [0.05, 0.1) is 4.90 Å². The predicted molar refractivity (Wildman–Crippen MR) is 78.5 cm³/mol. The van der Waals surface area contributed by atoms with Gasteiger partial charge in [-0.1, -0.05) is 12.1 Å². The normalized spacial score (nSPS) is 11.7. The molecule has 0 saturated heterocycles. The van der Waals surface area contributed by atoms with Gasteiger partial charge < -0.3 is 9.88 Å². The molecule has 0 unspecified atom stereocenters. The number of aromatic nitrogens is 1. The van der Waals surface area contributed by atoms with Crippen LogP contribution in [0.1, 0.15) is 18.1 Å². The lowest BCUT2D eigenvalue weighted by molar-refractivity contribution is 0.597. The molecule has 0 radical (unpaired) electrons. The van der Waals surface area contributed by atoms with Crippen molar-refractivity contribution < 1.29 is 8.42 Å². The van der Waals surface area contributed by atoms with Crippen LogP contribution in [0.2, 0.25) is 0 Å². The van der Waals surface area contributed by atoms with E-state index in [9.17, 15) is 8.42 Å². The molecule has 20 heavy (non-hydrogen) atoms. The Kier molecular flexibility index (Phi) is 4.59. The number of benzene rings is 1. The Morgan fingerprint density at radius 1 is 1.10 bits per heavy atom. The van der Waals surface area contributed by atoms with Gasteiger partial charge >= 0.3 is 0 Å². The molecule has 2 rings (SSSR count). The summed E-state index contributed by atoms with van der Waals surface area (Å²) in [5.41, 5.74) is 2.25. The van der Waals surface area contributed by atoms with Crippen LogP contribution in [-0.2, 0) is 29.7 Å². The molecule has 0 atom stereocenters. The zero-order valence-electron chi connectivity index (χ0n) is 11.4. The average molecular weight is 293 g/mol. The molecule has 6 heteroatoms. The second kappa shape index (κ2) is 6.21. The molecule has 0 bridgehead atoms. The molecule has 0 saturated carbocycles. The fourth-order valence-electron chi connectivity index (χ4n) is 1.94. The summed E-state index contributed by atoms with van der Waals surface area (Å²) in [5, 5.41) is 8.37. The Labute approximate surface area is 119 Å². The van der Waals surface area contributed by atoms with Crippen molar-refractivity contribution in [3.05, 3.63) is 53.9 Å². The first-order valence-electron chi connectivity index (χ1n) is 6.46. The second-order valence-corrected chi connectivity index (χ2v) is 6.20. The van der Waals surface area contributed by atoms with Crippen molar-refractivity contribution in [2.24, 2.45) is 5.14 Å². The van der Waals surface area contributed by atoms with Crippen LogP contribution in [-0.4, -0.2) is 13.0 Å². The molecule has 3 N–H and O–H groups in total. The van der Waals surface area contributed by atoms with Gasteiger partial charge in [-0.15, -0.1) is 0 Å². The highest BCUT2D eigenvalue weighted by Crippen LogP contribution is 2.09. The zero-order chi connectivity index (χ0) is 14.6. The predicted octanol–water partition coefficient (Wildman–Crippen LogP) is 1.45. The lowest BCUT2D eigenvalue weighted by atomic mass is 10.2. The number of hydrogen-bond acceptors (Lipinski definition) is 3. The Balaban J connectivity index is 1.88. The number of aryl methyl sites for hydroxylation is 1. The number of nitrogens with one attached hydrogen (secondary N) is 1. The van der Waals surface area contributed by atoms with E-state index in [0.29, 0.717) is 6.54 Å². The van der Waals surface area contributed by atoms with Gasteiger partial charge in [0.2, 0.25) is 10.0 Å². The molecule has 0 aliphatic rings. The van der Waals surface area contributed by atoms with Crippen LogP contribution in [0.5, 0.6) is 0 Å². The first-order valence-corrected chi connectivity index (χ1v) is 8.01. The lowest BCUT2D eigenvalue weighted by Crippen LogP contribution is -2.14. The molecular formula is C14H19N3O2S. The van der Waals surface area contributed by atoms with Gasteiger partial charge in [0.25, 0.3) is 0 Å². The van der Waals surface area contributed by atoms with Crippen molar-refractivity contribution in [2.75, 3.05) is 0 Å². The molecule has 0 amide bonds. The van der Waals surface area contributed by atoms with Crippen molar-refractivity contribution in [2.45, 2.75) is 31.5 Å². The molecule has 0 spiro atoms. The Morgan fingerprint density at radius 3 is 2.30 bits per heavy atom. The summed E-state index contributed by atoms with van der Waals surface area (Å²) in [6.07, 6.45) is 4.16. The van der Waals surface area contributed by atoms with E-state index < -0.39 is 10.0 Å². The minimum absolute atomic E-state index is 0.140. The maximum absolute atomic E-state index is 11.1. The smallest absolute Gasteiger partial charge is 0.238 e. The van der Waals surface area contributed by atoms with Crippen molar-refractivity contribution in [1.29, 1.82) is 0 Å². The van der Waals surface area contributed by atoms with E-state index in [1.54, 1.807) is 12.1 Å². The summed E-state index contributed by atoms with van der Waals surface area (Å²) in [4.78, 5) is 0.140. The van der Waals surface area contributed by atoms with E-state index >= 15 is 0 Å². The van der Waals surface area contributed by atoms with Crippen molar-refractivity contribution in [1.82, 2.24) is 9.88 Å². The first-order chi connectivity index (χ1) is 9.49. The highest BCUT2D eigenvalue weighted by molar-refractivity contribution is 7.89. The van der Waals surface area contributed by atoms with Crippen LogP contribution in [0.15, 0.2) is 47.6 Å². The standard InChI is InChI=1S/C14H19N3O2S/c1-2-17-8-7-13(11-17)10-16-9-12-3-5-14(6-4-12)20(15,18)19/h3-8,11,16H,2,9-10H2,1H3,(H2,15,18,19). The van der Waals surface area contributed by atoms with Gasteiger partial charge in [-0.25, -0.2) is 13.6 Å². The molecule has 2 aromatic rings. The molecule has 1 aromatic carbocycles. The van der Waals surface area contributed by atoms with E-state index in [0.717, 1.165) is 18.7 Å². The third kappa shape index (κ3) is 3.93. The lowest BCUT2D eigenvalue weighted by Gasteiger charge is -2.05. The SMILES string of the molecule is CCn1ccc(CNCc2ccc(S(N)(=O)=O)cc2)c1. The van der Waals surface area contributed by atoms with Crippen LogP contribution >= 0.6 is 0 Å². The molecule has 5 nitrogen and oxygen atoms in total. The topological polar surface area (TPSA) is 77.1 Å². The van der Waals surface area contributed by atoms with E-state index in [1.165, 1.54) is 17.7 Å². The minimum Gasteiger partial charge on any atom is -0.354 e. The highest BCUT2D eigenvalue weighted by Gasteiger charge is 2.06. The van der Waals surface area contributed by atoms with E-state index in [4.69, 9.17) is 5.14 Å². The number of hydrogen-bond donors (Lipinski definition) is 2. The van der Waals surface area contributed by atoms with Crippen LogP contribution in [0.3, 0.4) is 0 Å². The number of nitrogens with zero attached hydrogens (tertiary/aromatic N) is 1. The largest absolute Gasteiger partial charge is 0.354 e. The van der Waals surface area contributed by atoms with Gasteiger partial charge in [0.1, 0.15) is 0 Å². The third-order valence-corrected chi connectivity index (χ3v) is 4.02. The van der Waals surface area contributed by atoms with Crippen LogP contribution in [0, 0.1) is 0 Å². The third-order valence-electron chi connectivity index (χ3n) is 3.09. The van der Waals surface area contributed by atoms with E-state index in [-0.39, 0.29) is 4.90 Å². The maximum Gasteiger partial charge on any atom is 0.238 e. The van der Waals surface area contributed by atoms with Gasteiger partial charge in [-0.3, -0.25) is 0 Å². The molecular weight excluding hydrogens is 274 g/mol.